The summed E-state index contributed by atoms with van der Waals surface area (Å²) >= 11 is 12.2. The topological polar surface area (TPSA) is 83.1 Å². The van der Waals surface area contributed by atoms with Crippen LogP contribution in [0.15, 0.2) is 89.0 Å². The quantitative estimate of drug-likeness (QED) is 0.320. The summed E-state index contributed by atoms with van der Waals surface area (Å²) in [5, 5.41) is 11.4. The molecular formula is C28H29Cl2N5O. The Morgan fingerprint density at radius 2 is 1.64 bits per heavy atom. The molecule has 0 aromatic heterocycles. The van der Waals surface area contributed by atoms with Crippen LogP contribution in [0.3, 0.4) is 0 Å². The molecule has 1 heterocycles. The molecule has 0 aliphatic carbocycles. The van der Waals surface area contributed by atoms with Gasteiger partial charge in [-0.05, 0) is 46.9 Å². The first kappa shape index (κ1) is 25.7. The van der Waals surface area contributed by atoms with Crippen molar-refractivity contribution in [1.82, 2.24) is 10.3 Å². The van der Waals surface area contributed by atoms with Crippen molar-refractivity contribution in [3.63, 3.8) is 0 Å². The summed E-state index contributed by atoms with van der Waals surface area (Å²) in [4.78, 5) is 17.1. The van der Waals surface area contributed by atoms with Crippen molar-refractivity contribution in [1.29, 1.82) is 0 Å². The first-order valence-electron chi connectivity index (χ1n) is 11.8. The van der Waals surface area contributed by atoms with E-state index in [2.05, 4.69) is 17.4 Å². The Morgan fingerprint density at radius 3 is 2.22 bits per heavy atom. The lowest BCUT2D eigenvalue weighted by Crippen LogP contribution is -2.51. The van der Waals surface area contributed by atoms with Crippen molar-refractivity contribution in [3.05, 3.63) is 106 Å². The van der Waals surface area contributed by atoms with Gasteiger partial charge in [0.15, 0.2) is 0 Å². The molecule has 3 aromatic carbocycles. The van der Waals surface area contributed by atoms with Gasteiger partial charge in [0, 0.05) is 16.0 Å². The van der Waals surface area contributed by atoms with Gasteiger partial charge < -0.3 is 11.1 Å². The Hall–Kier alpha value is -3.35. The molecule has 4 rings (SSSR count). The van der Waals surface area contributed by atoms with E-state index in [0.717, 1.165) is 22.4 Å². The van der Waals surface area contributed by atoms with Crippen LogP contribution in [0.2, 0.25) is 10.0 Å². The van der Waals surface area contributed by atoms with Crippen molar-refractivity contribution in [2.24, 2.45) is 21.7 Å². The lowest BCUT2D eigenvalue weighted by atomic mass is 9.91. The molecule has 0 bridgehead atoms. The first-order valence-corrected chi connectivity index (χ1v) is 12.6. The Labute approximate surface area is 221 Å². The van der Waals surface area contributed by atoms with E-state index in [4.69, 9.17) is 39.0 Å². The van der Waals surface area contributed by atoms with E-state index in [9.17, 15) is 4.79 Å². The predicted molar refractivity (Wildman–Crippen MR) is 147 cm³/mol. The van der Waals surface area contributed by atoms with Crippen LogP contribution in [-0.2, 0) is 11.3 Å². The molecule has 0 fully saturated rings. The fraction of sp³-hybridized carbons (Fsp3) is 0.250. The van der Waals surface area contributed by atoms with Crippen LogP contribution in [0.4, 0.5) is 0 Å². The van der Waals surface area contributed by atoms with Crippen molar-refractivity contribution >= 4 is 40.8 Å². The van der Waals surface area contributed by atoms with Gasteiger partial charge in [0.05, 0.1) is 18.8 Å². The zero-order valence-corrected chi connectivity index (χ0v) is 21.7. The molecule has 0 saturated heterocycles. The number of benzene rings is 3. The number of hydrogen-bond donors (Lipinski definition) is 2. The number of nitrogens with one attached hydrogen (secondary N) is 1. The second-order valence-electron chi connectivity index (χ2n) is 9.07. The number of guanidine groups is 1. The van der Waals surface area contributed by atoms with Gasteiger partial charge in [-0.2, -0.15) is 5.10 Å². The number of amides is 1. The van der Waals surface area contributed by atoms with Gasteiger partial charge >= 0.3 is 0 Å². The Balaban J connectivity index is 1.72. The number of hydrogen-bond acceptors (Lipinski definition) is 3. The van der Waals surface area contributed by atoms with Crippen LogP contribution in [0.25, 0.3) is 0 Å². The van der Waals surface area contributed by atoms with Crippen molar-refractivity contribution in [2.45, 2.75) is 32.4 Å². The third kappa shape index (κ3) is 6.25. The van der Waals surface area contributed by atoms with Crippen LogP contribution in [0, 0.1) is 5.92 Å². The standard InChI is InChI=1S/C28H29Cl2N5O/c1-18(2)25(27(31)36)33-28(32-16-19-8-12-22(29)13-9-19)35-17-24(20-6-4-3-5-7-20)26(34-35)21-10-14-23(30)15-11-21/h3-15,18,24-25H,16-17H2,1-2H3,(H2,31,36)(H,32,33)/t24-,25-/m1/s1. The fourth-order valence-corrected chi connectivity index (χ4v) is 4.38. The van der Waals surface area contributed by atoms with Gasteiger partial charge in [-0.25, -0.2) is 10.0 Å². The Bertz CT molecular complexity index is 1240. The number of carbonyl (C=O) groups is 1. The fourth-order valence-electron chi connectivity index (χ4n) is 4.13. The molecule has 36 heavy (non-hydrogen) atoms. The van der Waals surface area contributed by atoms with E-state index < -0.39 is 11.9 Å². The molecule has 1 aliphatic rings. The number of halogens is 2. The molecule has 6 nitrogen and oxygen atoms in total. The molecular weight excluding hydrogens is 493 g/mol. The molecule has 1 aliphatic heterocycles. The average Bonchev–Trinajstić information content (AvgIpc) is 3.31. The third-order valence-electron chi connectivity index (χ3n) is 6.08. The number of carbonyl (C=O) groups excluding carboxylic acids is 1. The summed E-state index contributed by atoms with van der Waals surface area (Å²) in [6.45, 7) is 4.83. The highest BCUT2D eigenvalue weighted by Gasteiger charge is 2.33. The Morgan fingerprint density at radius 1 is 1.03 bits per heavy atom. The van der Waals surface area contributed by atoms with E-state index in [0.29, 0.717) is 29.1 Å². The van der Waals surface area contributed by atoms with Crippen LogP contribution in [-0.4, -0.2) is 35.2 Å². The Kier molecular flexibility index (Phi) is 8.28. The molecule has 0 spiro atoms. The zero-order valence-electron chi connectivity index (χ0n) is 20.2. The molecule has 3 aromatic rings. The smallest absolute Gasteiger partial charge is 0.240 e. The third-order valence-corrected chi connectivity index (χ3v) is 6.59. The maximum Gasteiger partial charge on any atom is 0.240 e. The van der Waals surface area contributed by atoms with Crippen LogP contribution in [0.5, 0.6) is 0 Å². The van der Waals surface area contributed by atoms with Crippen LogP contribution >= 0.6 is 23.2 Å². The highest BCUT2D eigenvalue weighted by Crippen LogP contribution is 2.29. The van der Waals surface area contributed by atoms with Crippen molar-refractivity contribution in [2.75, 3.05) is 6.54 Å². The predicted octanol–water partition coefficient (Wildman–Crippen LogP) is 5.45. The lowest BCUT2D eigenvalue weighted by Gasteiger charge is -2.25. The molecule has 0 saturated carbocycles. The highest BCUT2D eigenvalue weighted by atomic mass is 35.5. The number of aliphatic imine (C=N–C) groups is 1. The lowest BCUT2D eigenvalue weighted by molar-refractivity contribution is -0.120. The first-order chi connectivity index (χ1) is 17.3. The number of rotatable bonds is 7. The number of primary amides is 1. The maximum atomic E-state index is 12.2. The van der Waals surface area contributed by atoms with Crippen molar-refractivity contribution in [3.8, 4) is 0 Å². The summed E-state index contributed by atoms with van der Waals surface area (Å²) in [6.07, 6.45) is 0. The number of hydrazone groups is 1. The molecule has 8 heteroatoms. The highest BCUT2D eigenvalue weighted by molar-refractivity contribution is 6.31. The minimum absolute atomic E-state index is 0.000912. The second kappa shape index (κ2) is 11.6. The monoisotopic (exact) mass is 521 g/mol. The largest absolute Gasteiger partial charge is 0.368 e. The van der Waals surface area contributed by atoms with Crippen LogP contribution < -0.4 is 11.1 Å². The van der Waals surface area contributed by atoms with E-state index in [1.807, 2.05) is 85.6 Å². The SMILES string of the molecule is CC(C)[C@@H](N/C(=N\Cc1ccc(Cl)cc1)N1C[C@H](c2ccccc2)C(c2ccc(Cl)cc2)=N1)C(N)=O. The van der Waals surface area contributed by atoms with Gasteiger partial charge in [-0.1, -0.05) is 91.6 Å². The van der Waals surface area contributed by atoms with Crippen LogP contribution in [0.1, 0.15) is 36.5 Å². The summed E-state index contributed by atoms with van der Waals surface area (Å²) in [5.41, 5.74) is 9.72. The van der Waals surface area contributed by atoms with Gasteiger partial charge in [0.2, 0.25) is 11.9 Å². The molecule has 186 valence electrons. The summed E-state index contributed by atoms with van der Waals surface area (Å²) < 4.78 is 0. The molecule has 0 radical (unpaired) electrons. The van der Waals surface area contributed by atoms with Gasteiger partial charge in [0.1, 0.15) is 6.04 Å². The minimum Gasteiger partial charge on any atom is -0.368 e. The molecule has 0 unspecified atom stereocenters. The molecule has 1 amide bonds. The molecule has 2 atom stereocenters. The molecule has 3 N–H and O–H groups in total. The second-order valence-corrected chi connectivity index (χ2v) is 9.95. The number of nitrogens with two attached hydrogens (primary N) is 1. The van der Waals surface area contributed by atoms with E-state index in [-0.39, 0.29) is 11.8 Å². The van der Waals surface area contributed by atoms with Crippen molar-refractivity contribution < 1.29 is 4.79 Å². The maximum absolute atomic E-state index is 12.2. The normalized spacial score (nSPS) is 16.7. The average molecular weight is 522 g/mol. The van der Waals surface area contributed by atoms with E-state index in [1.165, 1.54) is 0 Å². The van der Waals surface area contributed by atoms with Gasteiger partial charge in [-0.15, -0.1) is 0 Å². The number of nitrogens with zero attached hydrogens (tertiary/aromatic N) is 3. The van der Waals surface area contributed by atoms with E-state index in [1.54, 1.807) is 0 Å². The van der Waals surface area contributed by atoms with Gasteiger partial charge in [0.25, 0.3) is 0 Å². The minimum atomic E-state index is -0.598. The van der Waals surface area contributed by atoms with E-state index >= 15 is 0 Å². The summed E-state index contributed by atoms with van der Waals surface area (Å²) in [7, 11) is 0. The zero-order chi connectivity index (χ0) is 25.7. The summed E-state index contributed by atoms with van der Waals surface area (Å²) in [6, 6.07) is 24.8. The summed E-state index contributed by atoms with van der Waals surface area (Å²) in [5.74, 6) is 0.0219. The van der Waals surface area contributed by atoms with Gasteiger partial charge in [-0.3, -0.25) is 4.79 Å².